The molecule has 10 heteroatoms. The Labute approximate surface area is 211 Å². The van der Waals surface area contributed by atoms with Gasteiger partial charge in [0.15, 0.2) is 9.84 Å². The van der Waals surface area contributed by atoms with Crippen molar-refractivity contribution < 1.29 is 22.3 Å². The van der Waals surface area contributed by atoms with Crippen LogP contribution in [0.2, 0.25) is 15.1 Å². The van der Waals surface area contributed by atoms with Crippen LogP contribution >= 0.6 is 34.8 Å². The fraction of sp³-hybridized carbons (Fsp3) is 0.250. The second kappa shape index (κ2) is 9.37. The Kier molecular flexibility index (Phi) is 6.99. The van der Waals surface area contributed by atoms with Crippen molar-refractivity contribution in [1.82, 2.24) is 4.90 Å². The summed E-state index contributed by atoms with van der Waals surface area (Å²) in [5.74, 6) is -1.84. The minimum atomic E-state index is -3.94. The van der Waals surface area contributed by atoms with Crippen molar-refractivity contribution in [2.24, 2.45) is 0 Å². The van der Waals surface area contributed by atoms with Gasteiger partial charge in [-0.3, -0.25) is 4.90 Å². The van der Waals surface area contributed by atoms with Gasteiger partial charge >= 0.3 is 0 Å². The topological polar surface area (TPSA) is 57.6 Å². The Morgan fingerprint density at radius 2 is 1.44 bits per heavy atom. The molecule has 1 aliphatic rings. The van der Waals surface area contributed by atoms with Gasteiger partial charge in [0, 0.05) is 40.5 Å². The Morgan fingerprint density at radius 3 is 1.97 bits per heavy atom. The van der Waals surface area contributed by atoms with Crippen LogP contribution in [0.4, 0.5) is 8.78 Å². The van der Waals surface area contributed by atoms with Crippen LogP contribution in [0.1, 0.15) is 28.0 Å². The van der Waals surface area contributed by atoms with Gasteiger partial charge < -0.3 is 5.11 Å². The van der Waals surface area contributed by atoms with Gasteiger partial charge in [0.1, 0.15) is 22.5 Å². The van der Waals surface area contributed by atoms with Crippen molar-refractivity contribution in [2.45, 2.75) is 16.9 Å². The molecule has 0 aliphatic carbocycles. The molecule has 1 heterocycles. The molecule has 0 bridgehead atoms. The summed E-state index contributed by atoms with van der Waals surface area (Å²) in [5, 5.41) is 11.2. The fourth-order valence-electron chi connectivity index (χ4n) is 4.64. The average molecular weight is 547 g/mol. The molecule has 4 rings (SSSR count). The van der Waals surface area contributed by atoms with E-state index in [1.165, 1.54) is 0 Å². The van der Waals surface area contributed by atoms with Gasteiger partial charge in [-0.25, -0.2) is 17.2 Å². The summed E-state index contributed by atoms with van der Waals surface area (Å²) in [5.41, 5.74) is -0.418. The minimum Gasteiger partial charge on any atom is -0.385 e. The maximum absolute atomic E-state index is 13.9. The molecule has 0 saturated carbocycles. The van der Waals surface area contributed by atoms with E-state index >= 15 is 0 Å². The average Bonchev–Trinajstić information content (AvgIpc) is 2.68. The lowest BCUT2D eigenvalue weighted by atomic mass is 9.82. The number of sulfone groups is 1. The van der Waals surface area contributed by atoms with E-state index in [1.54, 1.807) is 30.3 Å². The summed E-state index contributed by atoms with van der Waals surface area (Å²) in [6.45, 7) is -0.176. The summed E-state index contributed by atoms with van der Waals surface area (Å²) in [6, 6.07) is 14.2. The van der Waals surface area contributed by atoms with Crippen molar-refractivity contribution in [1.29, 1.82) is 0 Å². The largest absolute Gasteiger partial charge is 0.385 e. The minimum absolute atomic E-state index is 0.0882. The molecule has 2 unspecified atom stereocenters. The number of nitrogens with zero attached hydrogens (tertiary/aromatic N) is 1. The van der Waals surface area contributed by atoms with E-state index < -0.39 is 38.4 Å². The first-order valence-electron chi connectivity index (χ1n) is 10.2. The zero-order valence-corrected chi connectivity index (χ0v) is 20.9. The lowest BCUT2D eigenvalue weighted by molar-refractivity contribution is -0.112. The normalized spacial score (nSPS) is 17.7. The number of rotatable bonds is 6. The third-order valence-corrected chi connectivity index (χ3v) is 8.25. The van der Waals surface area contributed by atoms with E-state index in [-0.39, 0.29) is 18.7 Å². The highest BCUT2D eigenvalue weighted by Gasteiger charge is 2.54. The number of halogens is 5. The van der Waals surface area contributed by atoms with Crippen LogP contribution in [0.15, 0.2) is 60.7 Å². The molecule has 0 aromatic heterocycles. The van der Waals surface area contributed by atoms with Crippen LogP contribution in [0, 0.1) is 11.6 Å². The van der Waals surface area contributed by atoms with E-state index in [0.29, 0.717) is 26.7 Å². The lowest BCUT2D eigenvalue weighted by Crippen LogP contribution is -2.66. The Hall–Kier alpha value is -1.74. The highest BCUT2D eigenvalue weighted by atomic mass is 35.5. The van der Waals surface area contributed by atoms with E-state index in [1.807, 2.05) is 17.0 Å². The molecule has 3 aromatic rings. The summed E-state index contributed by atoms with van der Waals surface area (Å²) in [4.78, 5) is 1.84. The van der Waals surface area contributed by atoms with E-state index in [0.717, 1.165) is 24.0 Å². The summed E-state index contributed by atoms with van der Waals surface area (Å²) < 4.78 is 53.1. The second-order valence-corrected chi connectivity index (χ2v) is 12.0. The SMILES string of the molecule is CS(=O)(=O)C(c1cc(F)cc(F)c1)C1(O)CN(C(c2ccc(Cl)cc2)c2ccc(Cl)cc2Cl)C1. The number of aliphatic hydroxyl groups is 1. The first-order valence-corrected chi connectivity index (χ1v) is 13.3. The maximum atomic E-state index is 13.9. The smallest absolute Gasteiger partial charge is 0.157 e. The van der Waals surface area contributed by atoms with Gasteiger partial charge in [-0.15, -0.1) is 0 Å². The predicted octanol–water partition coefficient (Wildman–Crippen LogP) is 5.85. The van der Waals surface area contributed by atoms with Crippen molar-refractivity contribution in [3.05, 3.63) is 104 Å². The summed E-state index contributed by atoms with van der Waals surface area (Å²) in [6.07, 6.45) is 0.938. The molecule has 1 fully saturated rings. The molecule has 1 saturated heterocycles. The predicted molar refractivity (Wildman–Crippen MR) is 130 cm³/mol. The van der Waals surface area contributed by atoms with E-state index in [4.69, 9.17) is 34.8 Å². The number of hydrogen-bond acceptors (Lipinski definition) is 4. The third-order valence-electron chi connectivity index (χ3n) is 5.87. The lowest BCUT2D eigenvalue weighted by Gasteiger charge is -2.53. The zero-order chi connectivity index (χ0) is 24.8. The van der Waals surface area contributed by atoms with Crippen molar-refractivity contribution in [3.8, 4) is 0 Å². The van der Waals surface area contributed by atoms with Crippen LogP contribution in [0.3, 0.4) is 0 Å². The van der Waals surface area contributed by atoms with Gasteiger partial charge in [-0.05, 0) is 53.1 Å². The van der Waals surface area contributed by atoms with E-state index in [9.17, 15) is 22.3 Å². The molecule has 4 nitrogen and oxygen atoms in total. The van der Waals surface area contributed by atoms with Crippen LogP contribution in [0.25, 0.3) is 0 Å². The highest BCUT2D eigenvalue weighted by molar-refractivity contribution is 7.91. The molecule has 0 spiro atoms. The number of β-amino-alcohol motifs (C(OH)–C–C–N with tert-alkyl or cyclic N) is 1. The molecule has 1 aliphatic heterocycles. The van der Waals surface area contributed by atoms with Gasteiger partial charge in [-0.2, -0.15) is 0 Å². The maximum Gasteiger partial charge on any atom is 0.157 e. The van der Waals surface area contributed by atoms with Gasteiger partial charge in [0.25, 0.3) is 0 Å². The highest BCUT2D eigenvalue weighted by Crippen LogP contribution is 2.46. The molecular formula is C24H20Cl3F2NO3S. The van der Waals surface area contributed by atoms with Crippen LogP contribution < -0.4 is 0 Å². The molecule has 34 heavy (non-hydrogen) atoms. The van der Waals surface area contributed by atoms with Crippen LogP contribution in [0.5, 0.6) is 0 Å². The summed E-state index contributed by atoms with van der Waals surface area (Å²) in [7, 11) is -3.94. The summed E-state index contributed by atoms with van der Waals surface area (Å²) >= 11 is 18.6. The Bertz CT molecular complexity index is 1310. The molecule has 180 valence electrons. The Morgan fingerprint density at radius 1 is 0.882 bits per heavy atom. The van der Waals surface area contributed by atoms with Crippen molar-refractivity contribution in [3.63, 3.8) is 0 Å². The zero-order valence-electron chi connectivity index (χ0n) is 17.9. The van der Waals surface area contributed by atoms with Gasteiger partial charge in [0.05, 0.1) is 6.04 Å². The third kappa shape index (κ3) is 5.10. The number of likely N-dealkylation sites (tertiary alicyclic amines) is 1. The molecule has 1 N–H and O–H groups in total. The molecule has 3 aromatic carbocycles. The van der Waals surface area contributed by atoms with Crippen molar-refractivity contribution in [2.75, 3.05) is 19.3 Å². The van der Waals surface area contributed by atoms with Crippen LogP contribution in [-0.2, 0) is 9.84 Å². The first kappa shape index (κ1) is 25.4. The Balaban J connectivity index is 1.73. The first-order chi connectivity index (χ1) is 15.9. The van der Waals surface area contributed by atoms with Gasteiger partial charge in [-0.1, -0.05) is 53.0 Å². The molecule has 0 radical (unpaired) electrons. The van der Waals surface area contributed by atoms with E-state index in [2.05, 4.69) is 0 Å². The van der Waals surface area contributed by atoms with Crippen molar-refractivity contribution >= 4 is 44.6 Å². The fourth-order valence-corrected chi connectivity index (χ4v) is 6.86. The quantitative estimate of drug-likeness (QED) is 0.422. The second-order valence-electron chi connectivity index (χ2n) is 8.54. The molecule has 2 atom stereocenters. The monoisotopic (exact) mass is 545 g/mol. The van der Waals surface area contributed by atoms with Gasteiger partial charge in [0.2, 0.25) is 0 Å². The number of hydrogen-bond donors (Lipinski definition) is 1. The van der Waals surface area contributed by atoms with Crippen LogP contribution in [-0.4, -0.2) is 43.4 Å². The molecular weight excluding hydrogens is 527 g/mol. The number of benzene rings is 3. The molecule has 0 amide bonds. The standard InChI is InChI=1S/C24H20Cl3F2NO3S/c1-34(32,33)23(15-8-18(28)11-19(29)9-15)24(31)12-30(13-24)22(14-2-4-16(25)5-3-14)20-7-6-17(26)10-21(20)27/h2-11,22-23,31H,12-13H2,1H3.